The lowest BCUT2D eigenvalue weighted by atomic mass is 10.0. The zero-order valence-corrected chi connectivity index (χ0v) is 12.5. The van der Waals surface area contributed by atoms with Crippen LogP contribution in [0, 0.1) is 0 Å². The number of aromatic nitrogens is 1. The van der Waals surface area contributed by atoms with Crippen LogP contribution in [0.1, 0.15) is 23.9 Å². The molecule has 0 aliphatic heterocycles. The summed E-state index contributed by atoms with van der Waals surface area (Å²) in [6.45, 7) is 3.00. The molecule has 0 saturated heterocycles. The van der Waals surface area contributed by atoms with Crippen molar-refractivity contribution in [1.82, 2.24) is 10.3 Å². The highest BCUT2D eigenvalue weighted by Gasteiger charge is 2.10. The van der Waals surface area contributed by atoms with Gasteiger partial charge in [0.1, 0.15) is 10.8 Å². The van der Waals surface area contributed by atoms with Gasteiger partial charge < -0.3 is 10.1 Å². The molecule has 0 radical (unpaired) electrons. The quantitative estimate of drug-likeness (QED) is 0.877. The van der Waals surface area contributed by atoms with Crippen LogP contribution in [0.25, 0.3) is 11.3 Å². The summed E-state index contributed by atoms with van der Waals surface area (Å²) in [4.78, 5) is 4.66. The van der Waals surface area contributed by atoms with Crippen molar-refractivity contribution in [3.05, 3.63) is 34.2 Å². The van der Waals surface area contributed by atoms with E-state index in [1.165, 1.54) is 5.56 Å². The second-order valence-corrected chi connectivity index (χ2v) is 5.38. The first-order valence-corrected chi connectivity index (χ1v) is 7.42. The molecule has 3 nitrogen and oxygen atoms in total. The fourth-order valence-electron chi connectivity index (χ4n) is 2.07. The molecule has 2 aromatic rings. The summed E-state index contributed by atoms with van der Waals surface area (Å²) in [6.07, 6.45) is 2.23. The van der Waals surface area contributed by atoms with E-state index in [9.17, 15) is 0 Å². The lowest BCUT2D eigenvalue weighted by molar-refractivity contribution is 0.416. The Balaban J connectivity index is 2.36. The molecule has 0 unspecified atom stereocenters. The highest BCUT2D eigenvalue weighted by Crippen LogP contribution is 2.32. The van der Waals surface area contributed by atoms with Gasteiger partial charge in [-0.05, 0) is 31.2 Å². The lowest BCUT2D eigenvalue weighted by Crippen LogP contribution is -2.04. The Morgan fingerprint density at radius 1 is 1.37 bits per heavy atom. The van der Waals surface area contributed by atoms with Gasteiger partial charge >= 0.3 is 0 Å². The Hall–Kier alpha value is -1.39. The van der Waals surface area contributed by atoms with Gasteiger partial charge in [-0.15, -0.1) is 11.3 Å². The molecule has 4 heteroatoms. The van der Waals surface area contributed by atoms with Crippen LogP contribution in [-0.4, -0.2) is 19.1 Å². The normalized spacial score (nSPS) is 10.7. The highest BCUT2D eigenvalue weighted by molar-refractivity contribution is 7.09. The zero-order chi connectivity index (χ0) is 13.7. The predicted molar refractivity (Wildman–Crippen MR) is 80.9 cm³/mol. The number of hydrogen-bond acceptors (Lipinski definition) is 4. The van der Waals surface area contributed by atoms with Gasteiger partial charge in [-0.2, -0.15) is 0 Å². The summed E-state index contributed by atoms with van der Waals surface area (Å²) in [6, 6.07) is 6.37. The van der Waals surface area contributed by atoms with E-state index in [1.807, 2.05) is 13.1 Å². The molecule has 2 rings (SSSR count). The molecule has 0 aliphatic carbocycles. The second kappa shape index (κ2) is 6.68. The Morgan fingerprint density at radius 3 is 2.89 bits per heavy atom. The number of nitrogens with zero attached hydrogens (tertiary/aromatic N) is 1. The lowest BCUT2D eigenvalue weighted by Gasteiger charge is -2.08. The summed E-state index contributed by atoms with van der Waals surface area (Å²) < 4.78 is 5.45. The van der Waals surface area contributed by atoms with Gasteiger partial charge in [-0.1, -0.05) is 19.4 Å². The monoisotopic (exact) mass is 276 g/mol. The number of hydrogen-bond donors (Lipinski definition) is 1. The van der Waals surface area contributed by atoms with Gasteiger partial charge in [0.25, 0.3) is 0 Å². The van der Waals surface area contributed by atoms with E-state index in [0.29, 0.717) is 0 Å². The average molecular weight is 276 g/mol. The summed E-state index contributed by atoms with van der Waals surface area (Å²) in [5.74, 6) is 0.890. The molecule has 1 heterocycles. The molecule has 0 saturated carbocycles. The number of benzene rings is 1. The third-order valence-electron chi connectivity index (χ3n) is 2.96. The minimum absolute atomic E-state index is 0.807. The van der Waals surface area contributed by atoms with E-state index in [1.54, 1.807) is 18.4 Å². The fourth-order valence-corrected chi connectivity index (χ4v) is 2.87. The smallest absolute Gasteiger partial charge is 0.128 e. The molecule has 0 fully saturated rings. The van der Waals surface area contributed by atoms with Crippen molar-refractivity contribution in [3.8, 4) is 17.0 Å². The summed E-state index contributed by atoms with van der Waals surface area (Å²) in [5, 5.41) is 6.32. The first-order chi connectivity index (χ1) is 9.28. The van der Waals surface area contributed by atoms with Crippen LogP contribution in [0.5, 0.6) is 5.75 Å². The second-order valence-electron chi connectivity index (χ2n) is 4.44. The van der Waals surface area contributed by atoms with Gasteiger partial charge in [-0.25, -0.2) is 4.98 Å². The van der Waals surface area contributed by atoms with E-state index in [-0.39, 0.29) is 0 Å². The van der Waals surface area contributed by atoms with E-state index in [2.05, 4.69) is 34.7 Å². The number of rotatable bonds is 6. The van der Waals surface area contributed by atoms with Crippen LogP contribution in [0.3, 0.4) is 0 Å². The molecule has 1 aromatic carbocycles. The maximum atomic E-state index is 5.45. The molecular weight excluding hydrogens is 256 g/mol. The van der Waals surface area contributed by atoms with Crippen molar-refractivity contribution in [3.63, 3.8) is 0 Å². The van der Waals surface area contributed by atoms with E-state index in [0.717, 1.165) is 41.4 Å². The molecule has 19 heavy (non-hydrogen) atoms. The zero-order valence-electron chi connectivity index (χ0n) is 11.7. The molecule has 1 aromatic heterocycles. The summed E-state index contributed by atoms with van der Waals surface area (Å²) >= 11 is 1.68. The van der Waals surface area contributed by atoms with Crippen molar-refractivity contribution in [2.45, 2.75) is 26.3 Å². The van der Waals surface area contributed by atoms with Crippen molar-refractivity contribution in [1.29, 1.82) is 0 Å². The Labute approximate surface area is 118 Å². The first kappa shape index (κ1) is 14.0. The van der Waals surface area contributed by atoms with Gasteiger partial charge in [0.15, 0.2) is 0 Å². The molecule has 0 aliphatic rings. The van der Waals surface area contributed by atoms with Crippen LogP contribution >= 0.6 is 11.3 Å². The van der Waals surface area contributed by atoms with Crippen molar-refractivity contribution in [2.24, 2.45) is 0 Å². The molecule has 102 valence electrons. The van der Waals surface area contributed by atoms with Gasteiger partial charge in [0.05, 0.1) is 12.8 Å². The van der Waals surface area contributed by atoms with Gasteiger partial charge in [0.2, 0.25) is 0 Å². The standard InChI is InChI=1S/C15H20N2OS/c1-4-5-11-6-7-14(18-3)12(8-11)13-10-19-15(17-13)9-16-2/h6-8,10,16H,4-5,9H2,1-3H3. The van der Waals surface area contributed by atoms with Crippen LogP contribution in [-0.2, 0) is 13.0 Å². The van der Waals surface area contributed by atoms with Crippen molar-refractivity contribution in [2.75, 3.05) is 14.2 Å². The Kier molecular flexibility index (Phi) is 4.93. The molecule has 0 atom stereocenters. The Bertz CT molecular complexity index is 537. The van der Waals surface area contributed by atoms with Gasteiger partial charge in [0, 0.05) is 17.5 Å². The highest BCUT2D eigenvalue weighted by atomic mass is 32.1. The Morgan fingerprint density at radius 2 is 2.21 bits per heavy atom. The van der Waals surface area contributed by atoms with Crippen LogP contribution in [0.4, 0.5) is 0 Å². The number of nitrogens with one attached hydrogen (secondary N) is 1. The third kappa shape index (κ3) is 3.33. The van der Waals surface area contributed by atoms with E-state index >= 15 is 0 Å². The first-order valence-electron chi connectivity index (χ1n) is 6.54. The number of thiazole rings is 1. The maximum absolute atomic E-state index is 5.45. The molecule has 0 spiro atoms. The summed E-state index contributed by atoms with van der Waals surface area (Å²) in [7, 11) is 3.64. The largest absolute Gasteiger partial charge is 0.496 e. The predicted octanol–water partition coefficient (Wildman–Crippen LogP) is 3.49. The molecule has 1 N–H and O–H groups in total. The van der Waals surface area contributed by atoms with Gasteiger partial charge in [-0.3, -0.25) is 0 Å². The minimum Gasteiger partial charge on any atom is -0.496 e. The van der Waals surface area contributed by atoms with Crippen LogP contribution in [0.2, 0.25) is 0 Å². The van der Waals surface area contributed by atoms with Crippen LogP contribution < -0.4 is 10.1 Å². The maximum Gasteiger partial charge on any atom is 0.128 e. The fraction of sp³-hybridized carbons (Fsp3) is 0.400. The number of methoxy groups -OCH3 is 1. The molecular formula is C15H20N2OS. The summed E-state index contributed by atoms with van der Waals surface area (Å²) in [5.41, 5.74) is 3.43. The minimum atomic E-state index is 0.807. The van der Waals surface area contributed by atoms with Crippen molar-refractivity contribution >= 4 is 11.3 Å². The third-order valence-corrected chi connectivity index (χ3v) is 3.81. The topological polar surface area (TPSA) is 34.1 Å². The number of ether oxygens (including phenoxy) is 1. The number of aryl methyl sites for hydroxylation is 1. The average Bonchev–Trinajstić information content (AvgIpc) is 2.88. The van der Waals surface area contributed by atoms with Crippen LogP contribution in [0.15, 0.2) is 23.6 Å². The van der Waals surface area contributed by atoms with Crippen molar-refractivity contribution < 1.29 is 4.74 Å². The molecule has 0 bridgehead atoms. The van der Waals surface area contributed by atoms with E-state index in [4.69, 9.17) is 4.74 Å². The molecule has 0 amide bonds. The SMILES string of the molecule is CCCc1ccc(OC)c(-c2csc(CNC)n2)c1. The van der Waals surface area contributed by atoms with E-state index < -0.39 is 0 Å².